The van der Waals surface area contributed by atoms with Crippen molar-refractivity contribution in [3.63, 3.8) is 0 Å². The highest BCUT2D eigenvalue weighted by molar-refractivity contribution is 5.76. The number of hydroxylamine groups is 1. The molecule has 9 heavy (non-hydrogen) atoms. The van der Waals surface area contributed by atoms with Crippen molar-refractivity contribution in [3.8, 4) is 0 Å². The third kappa shape index (κ3) is 2.51. The van der Waals surface area contributed by atoms with Crippen LogP contribution in [0.5, 0.6) is 0 Å². The zero-order valence-corrected chi connectivity index (χ0v) is 8.01. The first kappa shape index (κ1) is 9.20. The van der Waals surface area contributed by atoms with Crippen LogP contribution in [0.2, 0.25) is 0 Å². The van der Waals surface area contributed by atoms with Gasteiger partial charge in [0.05, 0.1) is 0 Å². The summed E-state index contributed by atoms with van der Waals surface area (Å²) >= 11 is 0. The molecule has 1 heterocycles. The third-order valence-electron chi connectivity index (χ3n) is 1.51. The number of nitrogens with zero attached hydrogens (tertiary/aromatic N) is 1. The standard InChI is InChI=1S/C6H12NO.HI/c1-6-4-3-5-8-7(6)2;/h3-5H2,1-2H3;1H/q+1;/p-1. The van der Waals surface area contributed by atoms with Crippen molar-refractivity contribution in [2.24, 2.45) is 0 Å². The summed E-state index contributed by atoms with van der Waals surface area (Å²) in [4.78, 5) is 5.19. The Balaban J connectivity index is 0.000000640. The van der Waals surface area contributed by atoms with E-state index in [1.165, 1.54) is 18.6 Å². The maximum Gasteiger partial charge on any atom is 0.201 e. The minimum Gasteiger partial charge on any atom is -1.00 e. The van der Waals surface area contributed by atoms with Crippen LogP contribution in [-0.2, 0) is 4.84 Å². The average Bonchev–Trinajstić information content (AvgIpc) is 1.77. The molecule has 0 amide bonds. The first-order valence-electron chi connectivity index (χ1n) is 3.00. The molecule has 0 radical (unpaired) electrons. The minimum absolute atomic E-state index is 0. The maximum atomic E-state index is 5.19. The summed E-state index contributed by atoms with van der Waals surface area (Å²) in [7, 11) is 1.95. The Morgan fingerprint density at radius 3 is 2.56 bits per heavy atom. The molecule has 0 fully saturated rings. The summed E-state index contributed by atoms with van der Waals surface area (Å²) in [5.41, 5.74) is 1.33. The minimum atomic E-state index is 0. The highest BCUT2D eigenvalue weighted by Gasteiger charge is 2.11. The molecule has 0 bridgehead atoms. The summed E-state index contributed by atoms with van der Waals surface area (Å²) in [5.74, 6) is 0. The van der Waals surface area contributed by atoms with Gasteiger partial charge in [0.15, 0.2) is 13.7 Å². The fourth-order valence-corrected chi connectivity index (χ4v) is 0.797. The molecule has 1 aliphatic heterocycles. The Bertz CT molecular complexity index is 108. The van der Waals surface area contributed by atoms with Gasteiger partial charge in [0, 0.05) is 13.3 Å². The fraction of sp³-hybridized carbons (Fsp3) is 0.833. The molecule has 1 rings (SSSR count). The van der Waals surface area contributed by atoms with Crippen molar-refractivity contribution in [3.05, 3.63) is 0 Å². The van der Waals surface area contributed by atoms with E-state index in [4.69, 9.17) is 4.84 Å². The van der Waals surface area contributed by atoms with Crippen LogP contribution in [0.4, 0.5) is 0 Å². The summed E-state index contributed by atoms with van der Waals surface area (Å²) in [6.45, 7) is 2.98. The van der Waals surface area contributed by atoms with Crippen molar-refractivity contribution in [2.45, 2.75) is 19.8 Å². The van der Waals surface area contributed by atoms with Gasteiger partial charge in [-0.1, -0.05) is 0 Å². The van der Waals surface area contributed by atoms with Gasteiger partial charge in [-0.25, -0.2) is 0 Å². The molecule has 3 heteroatoms. The average molecular weight is 241 g/mol. The molecule has 0 saturated carbocycles. The fourth-order valence-electron chi connectivity index (χ4n) is 0.797. The van der Waals surface area contributed by atoms with E-state index >= 15 is 0 Å². The lowest BCUT2D eigenvalue weighted by Crippen LogP contribution is -3.00. The van der Waals surface area contributed by atoms with E-state index in [2.05, 4.69) is 6.92 Å². The van der Waals surface area contributed by atoms with Gasteiger partial charge in [-0.3, -0.25) is 4.84 Å². The van der Waals surface area contributed by atoms with Crippen LogP contribution in [0, 0.1) is 0 Å². The van der Waals surface area contributed by atoms with E-state index in [0.29, 0.717) is 0 Å². The predicted molar refractivity (Wildman–Crippen MR) is 32.1 cm³/mol. The zero-order valence-electron chi connectivity index (χ0n) is 5.85. The lowest BCUT2D eigenvalue weighted by Gasteiger charge is -2.06. The Labute approximate surface area is 72.9 Å². The molecule has 0 N–H and O–H groups in total. The second-order valence-electron chi connectivity index (χ2n) is 2.17. The molecule has 2 nitrogen and oxygen atoms in total. The Hall–Kier alpha value is 0.200. The number of halogens is 1. The van der Waals surface area contributed by atoms with Crippen LogP contribution < -0.4 is 24.0 Å². The first-order valence-corrected chi connectivity index (χ1v) is 3.00. The largest absolute Gasteiger partial charge is 1.00 e. The Morgan fingerprint density at radius 1 is 1.56 bits per heavy atom. The highest BCUT2D eigenvalue weighted by Crippen LogP contribution is 1.99. The van der Waals surface area contributed by atoms with Crippen molar-refractivity contribution in [1.29, 1.82) is 0 Å². The van der Waals surface area contributed by atoms with Crippen LogP contribution in [0.25, 0.3) is 0 Å². The van der Waals surface area contributed by atoms with E-state index in [9.17, 15) is 0 Å². The van der Waals surface area contributed by atoms with Crippen molar-refractivity contribution >= 4 is 5.71 Å². The molecule has 0 aliphatic carbocycles. The van der Waals surface area contributed by atoms with Crippen LogP contribution in [0.3, 0.4) is 0 Å². The SMILES string of the molecule is CC1=[N+](C)OCCC1.[I-]. The molecular formula is C6H12INO. The summed E-state index contributed by atoms with van der Waals surface area (Å²) < 4.78 is 1.85. The lowest BCUT2D eigenvalue weighted by molar-refractivity contribution is -0.773. The Kier molecular flexibility index (Phi) is 4.18. The van der Waals surface area contributed by atoms with Gasteiger partial charge in [-0.15, -0.1) is 0 Å². The molecule has 0 unspecified atom stereocenters. The molecule has 0 aromatic heterocycles. The van der Waals surface area contributed by atoms with E-state index in [1.54, 1.807) is 0 Å². The molecule has 54 valence electrons. The van der Waals surface area contributed by atoms with E-state index in [1.807, 2.05) is 11.8 Å². The van der Waals surface area contributed by atoms with Gasteiger partial charge in [0.1, 0.15) is 0 Å². The lowest BCUT2D eigenvalue weighted by atomic mass is 10.2. The van der Waals surface area contributed by atoms with Crippen molar-refractivity contribution in [2.75, 3.05) is 13.7 Å². The second-order valence-corrected chi connectivity index (χ2v) is 2.17. The normalized spacial score (nSPS) is 18.4. The molecule has 1 aliphatic rings. The van der Waals surface area contributed by atoms with E-state index in [0.717, 1.165) is 6.61 Å². The van der Waals surface area contributed by atoms with Crippen LogP contribution in [0.1, 0.15) is 19.8 Å². The van der Waals surface area contributed by atoms with Crippen LogP contribution in [-0.4, -0.2) is 24.1 Å². The predicted octanol–water partition coefficient (Wildman–Crippen LogP) is -2.18. The van der Waals surface area contributed by atoms with Gasteiger partial charge >= 0.3 is 0 Å². The van der Waals surface area contributed by atoms with Crippen molar-refractivity contribution < 1.29 is 33.6 Å². The summed E-state index contributed by atoms with van der Waals surface area (Å²) in [5, 5.41) is 0. The zero-order chi connectivity index (χ0) is 5.98. The first-order chi connectivity index (χ1) is 3.80. The highest BCUT2D eigenvalue weighted by atomic mass is 127. The van der Waals surface area contributed by atoms with Gasteiger partial charge in [-0.05, 0) is 11.2 Å². The second kappa shape index (κ2) is 4.09. The van der Waals surface area contributed by atoms with Crippen molar-refractivity contribution in [1.82, 2.24) is 0 Å². The van der Waals surface area contributed by atoms with E-state index in [-0.39, 0.29) is 24.0 Å². The molecule has 0 aromatic carbocycles. The van der Waals surface area contributed by atoms with Gasteiger partial charge in [-0.2, -0.15) is 0 Å². The Morgan fingerprint density at radius 2 is 2.22 bits per heavy atom. The van der Waals surface area contributed by atoms with Crippen LogP contribution in [0.15, 0.2) is 0 Å². The third-order valence-corrected chi connectivity index (χ3v) is 1.51. The molecule has 0 aromatic rings. The number of hydrogen-bond donors (Lipinski definition) is 0. The maximum absolute atomic E-state index is 5.19. The number of rotatable bonds is 0. The summed E-state index contributed by atoms with van der Waals surface area (Å²) in [6, 6.07) is 0. The summed E-state index contributed by atoms with van der Waals surface area (Å²) in [6.07, 6.45) is 2.37. The van der Waals surface area contributed by atoms with Crippen LogP contribution >= 0.6 is 0 Å². The van der Waals surface area contributed by atoms with Gasteiger partial charge in [0.25, 0.3) is 0 Å². The van der Waals surface area contributed by atoms with Gasteiger partial charge < -0.3 is 24.0 Å². The topological polar surface area (TPSA) is 12.2 Å². The molecule has 0 spiro atoms. The van der Waals surface area contributed by atoms with Gasteiger partial charge in [0.2, 0.25) is 5.71 Å². The molecule has 0 saturated heterocycles. The molecular weight excluding hydrogens is 229 g/mol. The molecule has 0 atom stereocenters. The quantitative estimate of drug-likeness (QED) is 0.347. The smallest absolute Gasteiger partial charge is 0.201 e. The monoisotopic (exact) mass is 241 g/mol. The van der Waals surface area contributed by atoms with E-state index < -0.39 is 0 Å². The number of hydrogen-bond acceptors (Lipinski definition) is 1.